The second kappa shape index (κ2) is 8.56. The third-order valence-corrected chi connectivity index (χ3v) is 1.97. The van der Waals surface area contributed by atoms with Crippen LogP contribution in [0.3, 0.4) is 0 Å². The highest BCUT2D eigenvalue weighted by atomic mass is 15.2. The van der Waals surface area contributed by atoms with Crippen LogP contribution in [0.1, 0.15) is 27.7 Å². The Morgan fingerprint density at radius 3 is 1.35 bits per heavy atom. The highest BCUT2D eigenvalue weighted by Gasteiger charge is 2.04. The van der Waals surface area contributed by atoms with E-state index in [1.807, 2.05) is 63.3 Å². The van der Waals surface area contributed by atoms with Gasteiger partial charge in [0.05, 0.1) is 14.1 Å². The molecule has 4 nitrogen and oxygen atoms in total. The van der Waals surface area contributed by atoms with E-state index in [1.165, 1.54) is 0 Å². The largest absolute Gasteiger partial charge is 0.246 e. The average molecular weight is 238 g/mol. The van der Waals surface area contributed by atoms with E-state index in [2.05, 4.69) is 34.2 Å². The van der Waals surface area contributed by atoms with Gasteiger partial charge in [-0.1, -0.05) is 27.7 Å². The van der Waals surface area contributed by atoms with Crippen LogP contribution in [0.4, 0.5) is 0 Å². The number of aromatic nitrogens is 4. The molecule has 0 saturated carbocycles. The molecule has 0 radical (unpaired) electrons. The van der Waals surface area contributed by atoms with Crippen molar-refractivity contribution in [2.24, 2.45) is 14.1 Å². The van der Waals surface area contributed by atoms with Crippen LogP contribution in [-0.2, 0) is 20.8 Å². The lowest BCUT2D eigenvalue weighted by atomic mass is 10.8. The number of hydrogen-bond donors (Lipinski definition) is 0. The van der Waals surface area contributed by atoms with E-state index in [4.69, 9.17) is 0 Å². The first-order valence-electron chi connectivity index (χ1n) is 6.26. The summed E-state index contributed by atoms with van der Waals surface area (Å²) < 4.78 is 8.31. The lowest BCUT2D eigenvalue weighted by Gasteiger charge is -1.89. The molecule has 2 aromatic heterocycles. The zero-order chi connectivity index (χ0) is 13.3. The van der Waals surface area contributed by atoms with E-state index in [-0.39, 0.29) is 0 Å². The van der Waals surface area contributed by atoms with Crippen molar-refractivity contribution in [3.63, 3.8) is 0 Å². The second-order valence-corrected chi connectivity index (χ2v) is 3.33. The molecule has 0 N–H and O–H groups in total. The molecule has 0 unspecified atom stereocenters. The van der Waals surface area contributed by atoms with Crippen LogP contribution in [0.25, 0.3) is 0 Å². The van der Waals surface area contributed by atoms with Crippen molar-refractivity contribution in [2.75, 3.05) is 0 Å². The van der Waals surface area contributed by atoms with Gasteiger partial charge in [0.15, 0.2) is 0 Å². The molecule has 0 aliphatic carbocycles. The van der Waals surface area contributed by atoms with Crippen LogP contribution in [-0.4, -0.2) is 9.13 Å². The predicted molar refractivity (Wildman–Crippen MR) is 69.3 cm³/mol. The molecule has 0 spiro atoms. The summed E-state index contributed by atoms with van der Waals surface area (Å²) in [5, 5.41) is 0. The molecule has 0 aliphatic heterocycles. The molecule has 2 rings (SSSR count). The minimum atomic E-state index is 0.863. The van der Waals surface area contributed by atoms with Gasteiger partial charge >= 0.3 is 0 Å². The van der Waals surface area contributed by atoms with Crippen LogP contribution >= 0.6 is 0 Å². The molecule has 0 aromatic carbocycles. The summed E-state index contributed by atoms with van der Waals surface area (Å²) in [7, 11) is 4.04. The fraction of sp³-hybridized carbons (Fsp3) is 0.538. The standard InChI is InChI=1S/C9H14N4.2C2H6/c1-10-3-5-12(7-10)9-13-6-4-11(2)8-13;2*1-2/h3-8H,9H2,1-2H3;2*1-2H3/q+2;;. The maximum Gasteiger partial charge on any atom is 0.246 e. The van der Waals surface area contributed by atoms with Gasteiger partial charge in [0.25, 0.3) is 0 Å². The molecule has 0 aliphatic rings. The minimum absolute atomic E-state index is 0.863. The summed E-state index contributed by atoms with van der Waals surface area (Å²) in [6.07, 6.45) is 12.3. The number of aryl methyl sites for hydroxylation is 2. The maximum atomic E-state index is 2.12. The quantitative estimate of drug-likeness (QED) is 0.706. The molecule has 17 heavy (non-hydrogen) atoms. The van der Waals surface area contributed by atoms with Crippen LogP contribution in [0, 0.1) is 0 Å². The van der Waals surface area contributed by atoms with Crippen LogP contribution in [0.2, 0.25) is 0 Å². The molecule has 4 heteroatoms. The Labute approximate surface area is 105 Å². The Morgan fingerprint density at radius 2 is 1.12 bits per heavy atom. The molecule has 0 atom stereocenters. The third kappa shape index (κ3) is 5.33. The average Bonchev–Trinajstić information content (AvgIpc) is 2.94. The van der Waals surface area contributed by atoms with Crippen molar-refractivity contribution in [1.29, 1.82) is 0 Å². The van der Waals surface area contributed by atoms with Gasteiger partial charge in [-0.3, -0.25) is 0 Å². The van der Waals surface area contributed by atoms with E-state index in [0.717, 1.165) is 6.67 Å². The maximum absolute atomic E-state index is 2.12. The van der Waals surface area contributed by atoms with Gasteiger partial charge in [-0.25, -0.2) is 9.13 Å². The highest BCUT2D eigenvalue weighted by Crippen LogP contribution is 1.87. The van der Waals surface area contributed by atoms with Crippen molar-refractivity contribution < 1.29 is 9.13 Å². The first-order chi connectivity index (χ1) is 8.24. The molecule has 96 valence electrons. The van der Waals surface area contributed by atoms with Gasteiger partial charge < -0.3 is 0 Å². The monoisotopic (exact) mass is 238 g/mol. The Bertz CT molecular complexity index is 363. The first-order valence-corrected chi connectivity index (χ1v) is 6.26. The van der Waals surface area contributed by atoms with E-state index in [0.29, 0.717) is 0 Å². The molecule has 2 heterocycles. The molecule has 0 amide bonds. The van der Waals surface area contributed by atoms with Crippen molar-refractivity contribution in [3.05, 3.63) is 37.4 Å². The van der Waals surface area contributed by atoms with Gasteiger partial charge in [-0.2, -0.15) is 9.13 Å². The van der Waals surface area contributed by atoms with E-state index >= 15 is 0 Å². The summed E-state index contributed by atoms with van der Waals surface area (Å²) in [5.41, 5.74) is 0. The van der Waals surface area contributed by atoms with Crippen LogP contribution in [0.5, 0.6) is 0 Å². The van der Waals surface area contributed by atoms with E-state index < -0.39 is 0 Å². The Hall–Kier alpha value is -1.58. The molecular weight excluding hydrogens is 212 g/mol. The summed E-state index contributed by atoms with van der Waals surface area (Å²) in [6.45, 7) is 8.86. The number of hydrogen-bond acceptors (Lipinski definition) is 0. The fourth-order valence-electron chi connectivity index (χ4n) is 1.36. The van der Waals surface area contributed by atoms with Crippen LogP contribution in [0.15, 0.2) is 37.4 Å². The lowest BCUT2D eigenvalue weighted by Crippen LogP contribution is -2.25. The molecule has 0 fully saturated rings. The number of rotatable bonds is 2. The second-order valence-electron chi connectivity index (χ2n) is 3.33. The molecule has 0 saturated heterocycles. The van der Waals surface area contributed by atoms with Gasteiger partial charge in [0.2, 0.25) is 19.3 Å². The lowest BCUT2D eigenvalue weighted by molar-refractivity contribution is -0.671. The van der Waals surface area contributed by atoms with Crippen LogP contribution < -0.4 is 9.13 Å². The topological polar surface area (TPSA) is 17.6 Å². The summed E-state index contributed by atoms with van der Waals surface area (Å²) >= 11 is 0. The van der Waals surface area contributed by atoms with Crippen molar-refractivity contribution in [3.8, 4) is 0 Å². The smallest absolute Gasteiger partial charge is 0.239 e. The summed E-state index contributed by atoms with van der Waals surface area (Å²) in [4.78, 5) is 0. The molecular formula is C13H26N4+2. The van der Waals surface area contributed by atoms with Gasteiger partial charge in [0.1, 0.15) is 24.8 Å². The first kappa shape index (κ1) is 15.4. The van der Waals surface area contributed by atoms with E-state index in [1.54, 1.807) is 0 Å². The normalized spacial score (nSPS) is 8.82. The number of nitrogens with zero attached hydrogens (tertiary/aromatic N) is 4. The summed E-state index contributed by atoms with van der Waals surface area (Å²) in [5.74, 6) is 0. The summed E-state index contributed by atoms with van der Waals surface area (Å²) in [6, 6.07) is 0. The molecule has 0 bridgehead atoms. The van der Waals surface area contributed by atoms with Crippen molar-refractivity contribution in [1.82, 2.24) is 9.13 Å². The Kier molecular flexibility index (Phi) is 7.76. The highest BCUT2D eigenvalue weighted by molar-refractivity contribution is 4.71. The van der Waals surface area contributed by atoms with E-state index in [9.17, 15) is 0 Å². The van der Waals surface area contributed by atoms with Crippen molar-refractivity contribution in [2.45, 2.75) is 34.4 Å². The number of imidazole rings is 2. The van der Waals surface area contributed by atoms with Gasteiger partial charge in [0, 0.05) is 0 Å². The Morgan fingerprint density at radius 1 is 0.765 bits per heavy atom. The van der Waals surface area contributed by atoms with Crippen molar-refractivity contribution >= 4 is 0 Å². The molecule has 2 aromatic rings. The zero-order valence-electron chi connectivity index (χ0n) is 12.0. The van der Waals surface area contributed by atoms with Gasteiger partial charge in [-0.15, -0.1) is 0 Å². The van der Waals surface area contributed by atoms with Gasteiger partial charge in [-0.05, 0) is 0 Å². The minimum Gasteiger partial charge on any atom is -0.239 e. The predicted octanol–water partition coefficient (Wildman–Crippen LogP) is 1.50. The fourth-order valence-corrected chi connectivity index (χ4v) is 1.36. The third-order valence-electron chi connectivity index (χ3n) is 1.97. The zero-order valence-corrected chi connectivity index (χ0v) is 12.0. The Balaban J connectivity index is 0.000000581. The SMILES string of the molecule is CC.CC.C[n+]1ccn(Cn2cc[n+](C)c2)c1.